The number of benzene rings is 2. The maximum Gasteiger partial charge on any atom is 0.266 e. The predicted molar refractivity (Wildman–Crippen MR) is 152 cm³/mol. The molecule has 1 aliphatic rings. The molecule has 1 aliphatic heterocycles. The maximum atomic E-state index is 14.6. The summed E-state index contributed by atoms with van der Waals surface area (Å²) in [4.78, 5) is 40.4. The molecule has 0 unspecified atom stereocenters. The molecular formula is C30H28F3N7O2. The lowest BCUT2D eigenvalue weighted by molar-refractivity contribution is 0.0956. The van der Waals surface area contributed by atoms with Crippen molar-refractivity contribution in [3.63, 3.8) is 0 Å². The van der Waals surface area contributed by atoms with Gasteiger partial charge in [0.2, 0.25) is 0 Å². The smallest absolute Gasteiger partial charge is 0.266 e. The average Bonchev–Trinajstić information content (AvgIpc) is 2.99. The molecule has 0 radical (unpaired) electrons. The lowest BCUT2D eigenvalue weighted by Crippen LogP contribution is -2.47. The molecule has 5 rings (SSSR count). The van der Waals surface area contributed by atoms with Gasteiger partial charge in [-0.2, -0.15) is 0 Å². The number of carbonyl (C=O) groups excluding carboxylic acids is 1. The number of nitrogens with one attached hydrogen (secondary N) is 2. The summed E-state index contributed by atoms with van der Waals surface area (Å²) in [5, 5.41) is 5.74. The molecule has 12 heteroatoms. The van der Waals surface area contributed by atoms with Crippen molar-refractivity contribution < 1.29 is 18.0 Å². The lowest BCUT2D eigenvalue weighted by atomic mass is 10.0. The largest absolute Gasteiger partial charge is 0.363 e. The number of hydrogen-bond acceptors (Lipinski definition) is 7. The maximum absolute atomic E-state index is 14.6. The monoisotopic (exact) mass is 575 g/mol. The van der Waals surface area contributed by atoms with Gasteiger partial charge in [0, 0.05) is 24.8 Å². The van der Waals surface area contributed by atoms with Gasteiger partial charge in [0.1, 0.15) is 17.6 Å². The highest BCUT2D eigenvalue weighted by Gasteiger charge is 2.28. The van der Waals surface area contributed by atoms with Crippen LogP contribution >= 0.6 is 0 Å². The van der Waals surface area contributed by atoms with E-state index in [1.54, 1.807) is 24.4 Å². The van der Waals surface area contributed by atoms with Crippen LogP contribution in [-0.4, -0.2) is 68.7 Å². The van der Waals surface area contributed by atoms with Gasteiger partial charge in [-0.1, -0.05) is 24.8 Å². The number of carbonyl (C=O) groups is 1. The summed E-state index contributed by atoms with van der Waals surface area (Å²) in [7, 11) is 0. The molecule has 2 aromatic heterocycles. The zero-order valence-corrected chi connectivity index (χ0v) is 22.8. The number of nitrogens with zero attached hydrogens (tertiary/aromatic N) is 5. The van der Waals surface area contributed by atoms with E-state index in [1.165, 1.54) is 12.4 Å². The van der Waals surface area contributed by atoms with Gasteiger partial charge in [-0.3, -0.25) is 19.1 Å². The number of likely N-dealkylation sites (tertiary alicyclic amines) is 1. The third-order valence-electron chi connectivity index (χ3n) is 7.00. The van der Waals surface area contributed by atoms with Gasteiger partial charge in [0.15, 0.2) is 11.6 Å². The summed E-state index contributed by atoms with van der Waals surface area (Å²) in [6.07, 6.45) is 3.62. The number of alkyl halides is 1. The molecule has 0 bridgehead atoms. The van der Waals surface area contributed by atoms with Crippen LogP contribution in [0, 0.1) is 23.5 Å². The van der Waals surface area contributed by atoms with E-state index in [2.05, 4.69) is 42.3 Å². The number of halogens is 3. The van der Waals surface area contributed by atoms with Crippen LogP contribution in [0.25, 0.3) is 11.0 Å². The summed E-state index contributed by atoms with van der Waals surface area (Å²) in [5.74, 6) is 3.58. The van der Waals surface area contributed by atoms with Crippen LogP contribution in [-0.2, 0) is 6.54 Å². The Kier molecular flexibility index (Phi) is 8.78. The number of piperidine rings is 1. The fourth-order valence-electron chi connectivity index (χ4n) is 4.69. The Balaban J connectivity index is 1.21. The zero-order chi connectivity index (χ0) is 29.6. The van der Waals surface area contributed by atoms with Crippen molar-refractivity contribution >= 4 is 22.8 Å². The van der Waals surface area contributed by atoms with Crippen molar-refractivity contribution in [2.45, 2.75) is 32.1 Å². The second-order valence-electron chi connectivity index (χ2n) is 9.88. The zero-order valence-electron chi connectivity index (χ0n) is 22.8. The van der Waals surface area contributed by atoms with Crippen LogP contribution in [0.1, 0.15) is 34.8 Å². The van der Waals surface area contributed by atoms with Gasteiger partial charge in [-0.25, -0.2) is 23.1 Å². The van der Waals surface area contributed by atoms with Crippen LogP contribution in [0.4, 0.5) is 19.0 Å². The highest BCUT2D eigenvalue weighted by atomic mass is 19.2. The molecule has 0 saturated carbocycles. The van der Waals surface area contributed by atoms with Crippen LogP contribution in [0.15, 0.2) is 59.9 Å². The van der Waals surface area contributed by atoms with Crippen LogP contribution in [0.3, 0.4) is 0 Å². The first-order valence-corrected chi connectivity index (χ1v) is 13.5. The van der Waals surface area contributed by atoms with Gasteiger partial charge >= 0.3 is 0 Å². The van der Waals surface area contributed by atoms with E-state index in [9.17, 15) is 22.8 Å². The molecule has 4 aromatic rings. The van der Waals surface area contributed by atoms with Crippen molar-refractivity contribution in [1.82, 2.24) is 29.7 Å². The summed E-state index contributed by atoms with van der Waals surface area (Å²) in [6.45, 7) is 3.92. The van der Waals surface area contributed by atoms with Crippen molar-refractivity contribution in [1.29, 1.82) is 0 Å². The van der Waals surface area contributed by atoms with Gasteiger partial charge < -0.3 is 15.5 Å². The Morgan fingerprint density at radius 3 is 2.76 bits per heavy atom. The van der Waals surface area contributed by atoms with Crippen molar-refractivity contribution in [2.75, 3.05) is 31.5 Å². The van der Waals surface area contributed by atoms with E-state index in [-0.39, 0.29) is 24.7 Å². The Hall–Kier alpha value is -4.76. The first-order valence-electron chi connectivity index (χ1n) is 13.5. The first kappa shape index (κ1) is 28.8. The molecule has 42 heavy (non-hydrogen) atoms. The molecule has 2 N–H and O–H groups in total. The number of fused-ring (bicyclic) bond motifs is 1. The molecule has 1 saturated heterocycles. The Bertz CT molecular complexity index is 1730. The summed E-state index contributed by atoms with van der Waals surface area (Å²) >= 11 is 0. The fraction of sp³-hybridized carbons (Fsp3) is 0.300. The van der Waals surface area contributed by atoms with E-state index < -0.39 is 29.3 Å². The molecular weight excluding hydrogens is 547 g/mol. The SMILES string of the molecule is CCN1CC[C@@H](Nc2cnc3ccc(C#CCNC(=O)c4cncn(Cc5ccc(F)c(F)c5)c4=O)cc3n2)[C@H](F)C1. The second kappa shape index (κ2) is 12.8. The van der Waals surface area contributed by atoms with Crippen molar-refractivity contribution in [3.8, 4) is 11.8 Å². The summed E-state index contributed by atoms with van der Waals surface area (Å²) < 4.78 is 42.4. The molecule has 3 heterocycles. The number of amides is 1. The second-order valence-corrected chi connectivity index (χ2v) is 9.88. The highest BCUT2D eigenvalue weighted by molar-refractivity contribution is 5.93. The molecule has 0 aliphatic carbocycles. The van der Waals surface area contributed by atoms with Crippen LogP contribution in [0.5, 0.6) is 0 Å². The number of rotatable bonds is 7. The van der Waals surface area contributed by atoms with Gasteiger partial charge in [-0.15, -0.1) is 0 Å². The Labute approximate surface area is 239 Å². The minimum atomic E-state index is -1.03. The lowest BCUT2D eigenvalue weighted by Gasteiger charge is -2.34. The molecule has 2 atom stereocenters. The Morgan fingerprint density at radius 2 is 1.98 bits per heavy atom. The van der Waals surface area contributed by atoms with Crippen molar-refractivity contribution in [3.05, 3.63) is 93.8 Å². The predicted octanol–water partition coefficient (Wildman–Crippen LogP) is 3.14. The van der Waals surface area contributed by atoms with E-state index in [1.807, 2.05) is 6.92 Å². The molecule has 216 valence electrons. The van der Waals surface area contributed by atoms with Gasteiger partial charge in [-0.05, 0) is 48.9 Å². The molecule has 0 spiro atoms. The summed E-state index contributed by atoms with van der Waals surface area (Å²) in [5.41, 5.74) is 1.39. The molecule has 1 amide bonds. The normalized spacial score (nSPS) is 17.0. The minimum Gasteiger partial charge on any atom is -0.363 e. The quantitative estimate of drug-likeness (QED) is 0.327. The van der Waals surface area contributed by atoms with Crippen molar-refractivity contribution in [2.24, 2.45) is 0 Å². The number of anilines is 1. The number of aromatic nitrogens is 4. The van der Waals surface area contributed by atoms with E-state index >= 15 is 0 Å². The van der Waals surface area contributed by atoms with E-state index in [0.717, 1.165) is 36.0 Å². The van der Waals surface area contributed by atoms with Crippen LogP contribution in [0.2, 0.25) is 0 Å². The molecule has 9 nitrogen and oxygen atoms in total. The standard InChI is InChI=1S/C30H28F3N7O2/c1-2-39-11-9-25(24(33)17-39)37-28-15-36-26-8-6-19(13-27(26)38-28)4-3-10-35-29(41)21-14-34-18-40(30(21)42)16-20-5-7-22(31)23(32)12-20/h5-8,12-15,18,24-25H,2,9-11,16-17H2,1H3,(H,35,41)(H,37,38)/t24-,25-/m1/s1. The third kappa shape index (κ3) is 6.75. The molecule has 1 fully saturated rings. The van der Waals surface area contributed by atoms with Gasteiger partial charge in [0.25, 0.3) is 11.5 Å². The average molecular weight is 576 g/mol. The minimum absolute atomic E-state index is 0.0456. The first-order chi connectivity index (χ1) is 20.3. The fourth-order valence-corrected chi connectivity index (χ4v) is 4.69. The Morgan fingerprint density at radius 1 is 1.12 bits per heavy atom. The van der Waals surface area contributed by atoms with E-state index in [0.29, 0.717) is 40.9 Å². The summed E-state index contributed by atoms with van der Waals surface area (Å²) in [6, 6.07) is 8.27. The molecule has 2 aromatic carbocycles. The third-order valence-corrected chi connectivity index (χ3v) is 7.00. The van der Waals surface area contributed by atoms with Crippen LogP contribution < -0.4 is 16.2 Å². The number of hydrogen-bond donors (Lipinski definition) is 2. The highest BCUT2D eigenvalue weighted by Crippen LogP contribution is 2.20. The topological polar surface area (TPSA) is 105 Å². The van der Waals surface area contributed by atoms with E-state index in [4.69, 9.17) is 0 Å². The van der Waals surface area contributed by atoms with Gasteiger partial charge in [0.05, 0.1) is 42.7 Å².